The quantitative estimate of drug-likeness (QED) is 0.424. The lowest BCUT2D eigenvalue weighted by molar-refractivity contribution is 0.0978. The lowest BCUT2D eigenvalue weighted by Crippen LogP contribution is -2.52. The number of nitrogens with zero attached hydrogens (tertiary/aromatic N) is 4. The van der Waals surface area contributed by atoms with Crippen LogP contribution in [0, 0.1) is 23.7 Å². The van der Waals surface area contributed by atoms with Crippen molar-refractivity contribution in [3.63, 3.8) is 0 Å². The number of phenolic OH excluding ortho intramolecular Hbond substituents is 1. The molecule has 5 aliphatic rings. The predicted molar refractivity (Wildman–Crippen MR) is 171 cm³/mol. The molecule has 4 saturated heterocycles. The van der Waals surface area contributed by atoms with E-state index in [1.807, 2.05) is 24.3 Å². The molecule has 224 valence electrons. The maximum atomic E-state index is 14.6. The summed E-state index contributed by atoms with van der Waals surface area (Å²) < 4.78 is 6.65. The van der Waals surface area contributed by atoms with Gasteiger partial charge in [-0.3, -0.25) is 9.69 Å². The Morgan fingerprint density at radius 1 is 1.09 bits per heavy atom. The fraction of sp³-hybridized carbons (Fsp3) is 0.444. The van der Waals surface area contributed by atoms with Crippen molar-refractivity contribution < 1.29 is 14.6 Å². The molecule has 2 N–H and O–H groups in total. The second-order valence-electron chi connectivity index (χ2n) is 13.2. The van der Waals surface area contributed by atoms with Gasteiger partial charge in [-0.25, -0.2) is 0 Å². The third-order valence-electron chi connectivity index (χ3n) is 10.8. The number of nitrogens with one attached hydrogen (secondary N) is 1. The number of carbonyl (C=O) groups is 1. The summed E-state index contributed by atoms with van der Waals surface area (Å²) in [6.07, 6.45) is 13.2. The van der Waals surface area contributed by atoms with E-state index in [9.17, 15) is 15.2 Å². The number of terminal acetylenes is 1. The van der Waals surface area contributed by atoms with Gasteiger partial charge in [0.15, 0.2) is 0 Å². The number of hydrogen-bond acceptors (Lipinski definition) is 7. The van der Waals surface area contributed by atoms with E-state index in [0.29, 0.717) is 59.8 Å². The van der Waals surface area contributed by atoms with Crippen LogP contribution < -0.4 is 19.9 Å². The summed E-state index contributed by atoms with van der Waals surface area (Å²) in [5.74, 6) is 3.18. The van der Waals surface area contributed by atoms with Crippen LogP contribution in [-0.2, 0) is 6.42 Å². The van der Waals surface area contributed by atoms with Gasteiger partial charge in [0.25, 0.3) is 5.91 Å². The Labute approximate surface area is 258 Å². The number of hydrogen-bond donors (Lipinski definition) is 2. The first-order valence-corrected chi connectivity index (χ1v) is 16.0. The number of amides is 1. The van der Waals surface area contributed by atoms with Crippen molar-refractivity contribution in [3.05, 3.63) is 58.7 Å². The Bertz CT molecular complexity index is 1750. The highest BCUT2D eigenvalue weighted by Crippen LogP contribution is 2.44. The minimum atomic E-state index is -0.166. The fourth-order valence-electron chi connectivity index (χ4n) is 8.78. The Kier molecular flexibility index (Phi) is 6.48. The lowest BCUT2D eigenvalue weighted by atomic mass is 9.91. The van der Waals surface area contributed by atoms with Crippen molar-refractivity contribution in [2.24, 2.45) is 0 Å². The molecule has 8 nitrogen and oxygen atoms in total. The summed E-state index contributed by atoms with van der Waals surface area (Å²) in [4.78, 5) is 21.2. The van der Waals surface area contributed by atoms with Crippen LogP contribution in [0.3, 0.4) is 0 Å². The molecule has 5 aliphatic heterocycles. The summed E-state index contributed by atoms with van der Waals surface area (Å²) in [6.45, 7) is 4.74. The summed E-state index contributed by atoms with van der Waals surface area (Å²) in [5.41, 5.74) is 4.18. The second kappa shape index (κ2) is 10.4. The number of carbonyl (C=O) groups excluding carboxylic acids is 1. The summed E-state index contributed by atoms with van der Waals surface area (Å²) >= 11 is 0. The van der Waals surface area contributed by atoms with Crippen molar-refractivity contribution in [1.82, 2.24) is 10.2 Å². The molecule has 0 radical (unpaired) electrons. The molecule has 44 heavy (non-hydrogen) atoms. The van der Waals surface area contributed by atoms with E-state index in [1.165, 1.54) is 12.8 Å². The van der Waals surface area contributed by atoms with E-state index >= 15 is 0 Å². The molecule has 3 aromatic carbocycles. The zero-order valence-corrected chi connectivity index (χ0v) is 24.9. The van der Waals surface area contributed by atoms with E-state index in [0.717, 1.165) is 73.9 Å². The van der Waals surface area contributed by atoms with E-state index in [1.54, 1.807) is 17.0 Å². The average Bonchev–Trinajstić information content (AvgIpc) is 3.72. The largest absolute Gasteiger partial charge is 0.508 e. The molecule has 8 rings (SSSR count). The van der Waals surface area contributed by atoms with Crippen molar-refractivity contribution in [3.8, 4) is 29.9 Å². The molecular weight excluding hydrogens is 550 g/mol. The lowest BCUT2D eigenvalue weighted by Gasteiger charge is -2.39. The number of phenols is 1. The van der Waals surface area contributed by atoms with Crippen LogP contribution in [0.15, 0.2) is 36.4 Å². The maximum absolute atomic E-state index is 14.6. The van der Waals surface area contributed by atoms with Crippen LogP contribution >= 0.6 is 0 Å². The normalized spacial score (nSPS) is 23.8. The van der Waals surface area contributed by atoms with E-state index < -0.39 is 0 Å². The van der Waals surface area contributed by atoms with Crippen molar-refractivity contribution in [2.75, 3.05) is 49.1 Å². The highest BCUT2D eigenvalue weighted by atomic mass is 16.5. The Hall–Kier alpha value is -4.24. The van der Waals surface area contributed by atoms with E-state index in [4.69, 9.17) is 11.2 Å². The van der Waals surface area contributed by atoms with Crippen LogP contribution in [-0.4, -0.2) is 72.9 Å². The van der Waals surface area contributed by atoms with Crippen molar-refractivity contribution in [2.45, 2.75) is 62.6 Å². The van der Waals surface area contributed by atoms with Gasteiger partial charge in [-0.2, -0.15) is 5.26 Å². The highest BCUT2D eigenvalue weighted by Gasteiger charge is 2.45. The van der Waals surface area contributed by atoms with Crippen molar-refractivity contribution >= 4 is 28.1 Å². The number of benzene rings is 3. The minimum absolute atomic E-state index is 0.0130. The highest BCUT2D eigenvalue weighted by molar-refractivity contribution is 6.14. The van der Waals surface area contributed by atoms with Gasteiger partial charge in [0, 0.05) is 54.3 Å². The van der Waals surface area contributed by atoms with Gasteiger partial charge in [0.2, 0.25) is 0 Å². The van der Waals surface area contributed by atoms with Gasteiger partial charge in [-0.05, 0) is 87.2 Å². The number of piperazine rings is 1. The third kappa shape index (κ3) is 4.24. The first-order chi connectivity index (χ1) is 21.5. The molecule has 0 spiro atoms. The zero-order valence-electron chi connectivity index (χ0n) is 24.9. The van der Waals surface area contributed by atoms with E-state index in [2.05, 4.69) is 27.1 Å². The molecule has 0 saturated carbocycles. The molecule has 2 bridgehead atoms. The standard InChI is InChI=1S/C36H37N5O3/c1-2-23-6-3-7-24-16-27(42)17-31(33(23)24)41-15-10-28-29(35(41)43)18-32(44-22-36-11-4-13-40(36)14-5-12-36)30(19-37)34(28)39-20-25-8-9-26(21-39)38-25/h1,3,6-7,16-18,25-26,38,42H,4-5,8-15,20-22H2. The molecule has 1 amide bonds. The predicted octanol–water partition coefficient (Wildman–Crippen LogP) is 4.55. The molecule has 8 heteroatoms. The molecule has 5 heterocycles. The average molecular weight is 588 g/mol. The Balaban J connectivity index is 1.25. The molecule has 0 aliphatic carbocycles. The fourth-order valence-corrected chi connectivity index (χ4v) is 8.78. The number of fused-ring (bicyclic) bond motifs is 5. The molecule has 0 aromatic heterocycles. The summed E-state index contributed by atoms with van der Waals surface area (Å²) in [6, 6.07) is 14.0. The Morgan fingerprint density at radius 2 is 1.86 bits per heavy atom. The van der Waals surface area contributed by atoms with Crippen LogP contribution in [0.5, 0.6) is 11.5 Å². The van der Waals surface area contributed by atoms with Crippen molar-refractivity contribution in [1.29, 1.82) is 5.26 Å². The number of rotatable bonds is 5. The SMILES string of the molecule is C#Cc1cccc2cc(O)cc(N3CCc4c(cc(OCC56CCCN5CCC6)c(C#N)c4N4CC5CCC(C4)N5)C3=O)c12. The van der Waals surface area contributed by atoms with Crippen LogP contribution in [0.1, 0.15) is 65.6 Å². The van der Waals surface area contributed by atoms with Gasteiger partial charge >= 0.3 is 0 Å². The molecule has 3 aromatic rings. The third-order valence-corrected chi connectivity index (χ3v) is 10.8. The van der Waals surface area contributed by atoms with Gasteiger partial charge in [0.1, 0.15) is 29.7 Å². The number of anilines is 2. The number of ether oxygens (including phenoxy) is 1. The zero-order chi connectivity index (χ0) is 30.0. The summed E-state index contributed by atoms with van der Waals surface area (Å²) in [7, 11) is 0. The summed E-state index contributed by atoms with van der Waals surface area (Å²) in [5, 5.41) is 26.5. The topological polar surface area (TPSA) is 92.1 Å². The monoisotopic (exact) mass is 587 g/mol. The number of nitriles is 1. The maximum Gasteiger partial charge on any atom is 0.258 e. The second-order valence-corrected chi connectivity index (χ2v) is 13.2. The van der Waals surface area contributed by atoms with E-state index in [-0.39, 0.29) is 17.2 Å². The van der Waals surface area contributed by atoms with Gasteiger partial charge in [-0.1, -0.05) is 18.1 Å². The van der Waals surface area contributed by atoms with Gasteiger partial charge < -0.3 is 25.0 Å². The first-order valence-electron chi connectivity index (χ1n) is 16.0. The Morgan fingerprint density at radius 3 is 2.59 bits per heavy atom. The minimum Gasteiger partial charge on any atom is -0.508 e. The van der Waals surface area contributed by atoms with Crippen LogP contribution in [0.2, 0.25) is 0 Å². The van der Waals surface area contributed by atoms with Crippen LogP contribution in [0.25, 0.3) is 10.8 Å². The van der Waals surface area contributed by atoms with Crippen LogP contribution in [0.4, 0.5) is 11.4 Å². The van der Waals surface area contributed by atoms with Gasteiger partial charge in [0.05, 0.1) is 16.9 Å². The smallest absolute Gasteiger partial charge is 0.258 e. The molecule has 2 atom stereocenters. The first kappa shape index (κ1) is 27.3. The molecule has 2 unspecified atom stereocenters. The number of aromatic hydroxyl groups is 1. The molecule has 4 fully saturated rings. The van der Waals surface area contributed by atoms with Gasteiger partial charge in [-0.15, -0.1) is 6.42 Å². The molecular formula is C36H37N5O3.